The average molecular weight is 279 g/mol. The Balaban J connectivity index is 2.20. The Morgan fingerprint density at radius 1 is 1.00 bits per heavy atom. The lowest BCUT2D eigenvalue weighted by Crippen LogP contribution is -2.05. The molecule has 0 fully saturated rings. The summed E-state index contributed by atoms with van der Waals surface area (Å²) in [6.45, 7) is 1.45. The number of carbonyl (C=O) groups excluding carboxylic acids is 1. The van der Waals surface area contributed by atoms with Crippen molar-refractivity contribution in [3.63, 3.8) is 0 Å². The van der Waals surface area contributed by atoms with Crippen LogP contribution < -0.4 is 5.32 Å². The van der Waals surface area contributed by atoms with E-state index in [0.29, 0.717) is 16.9 Å². The fourth-order valence-electron chi connectivity index (χ4n) is 1.73. The average Bonchev–Trinajstić information content (AvgIpc) is 2.38. The van der Waals surface area contributed by atoms with Gasteiger partial charge in [-0.15, -0.1) is 0 Å². The predicted octanol–water partition coefficient (Wildman–Crippen LogP) is 4.65. The number of alkyl halides is 3. The maximum absolute atomic E-state index is 12.6. The van der Waals surface area contributed by atoms with Crippen molar-refractivity contribution >= 4 is 17.2 Å². The normalized spacial score (nSPS) is 11.2. The highest BCUT2D eigenvalue weighted by atomic mass is 19.4. The van der Waals surface area contributed by atoms with Crippen molar-refractivity contribution in [1.82, 2.24) is 0 Å². The van der Waals surface area contributed by atoms with E-state index in [0.717, 1.165) is 12.1 Å². The number of anilines is 2. The summed E-state index contributed by atoms with van der Waals surface area (Å²) < 4.78 is 37.7. The molecule has 0 aliphatic rings. The van der Waals surface area contributed by atoms with E-state index in [-0.39, 0.29) is 5.78 Å². The first-order valence-electron chi connectivity index (χ1n) is 5.91. The molecule has 0 aliphatic carbocycles. The van der Waals surface area contributed by atoms with Crippen LogP contribution >= 0.6 is 0 Å². The van der Waals surface area contributed by atoms with E-state index in [1.54, 1.807) is 30.3 Å². The molecule has 0 radical (unpaired) electrons. The van der Waals surface area contributed by atoms with Gasteiger partial charge in [0.05, 0.1) is 5.56 Å². The van der Waals surface area contributed by atoms with Crippen molar-refractivity contribution in [2.24, 2.45) is 0 Å². The summed E-state index contributed by atoms with van der Waals surface area (Å²) in [5, 5.41) is 2.87. The molecule has 2 nitrogen and oxygen atoms in total. The number of carbonyl (C=O) groups is 1. The standard InChI is InChI=1S/C15H12F3NO/c1-10(20)11-5-7-13(8-6-11)19-14-4-2-3-12(9-14)15(16,17)18/h2-9,19H,1H3. The largest absolute Gasteiger partial charge is 0.416 e. The van der Waals surface area contributed by atoms with Gasteiger partial charge in [-0.3, -0.25) is 4.79 Å². The third-order valence-electron chi connectivity index (χ3n) is 2.77. The van der Waals surface area contributed by atoms with Crippen LogP contribution in [0.1, 0.15) is 22.8 Å². The van der Waals surface area contributed by atoms with Gasteiger partial charge in [0.25, 0.3) is 0 Å². The van der Waals surface area contributed by atoms with Crippen LogP contribution in [-0.4, -0.2) is 5.78 Å². The summed E-state index contributed by atoms with van der Waals surface area (Å²) in [6, 6.07) is 11.5. The first-order valence-corrected chi connectivity index (χ1v) is 5.91. The van der Waals surface area contributed by atoms with Gasteiger partial charge in [0.1, 0.15) is 0 Å². The van der Waals surface area contributed by atoms with Crippen LogP contribution in [0.25, 0.3) is 0 Å². The Kier molecular flexibility index (Phi) is 3.79. The van der Waals surface area contributed by atoms with Crippen molar-refractivity contribution in [2.45, 2.75) is 13.1 Å². The molecular formula is C15H12F3NO. The molecule has 0 saturated heterocycles. The second-order valence-corrected chi connectivity index (χ2v) is 4.34. The van der Waals surface area contributed by atoms with Gasteiger partial charge < -0.3 is 5.32 Å². The molecule has 0 unspecified atom stereocenters. The predicted molar refractivity (Wildman–Crippen MR) is 71.2 cm³/mol. The fourth-order valence-corrected chi connectivity index (χ4v) is 1.73. The van der Waals surface area contributed by atoms with Crippen molar-refractivity contribution in [3.05, 3.63) is 59.7 Å². The molecule has 104 valence electrons. The number of rotatable bonds is 3. The van der Waals surface area contributed by atoms with E-state index < -0.39 is 11.7 Å². The van der Waals surface area contributed by atoms with Gasteiger partial charge in [-0.2, -0.15) is 13.2 Å². The highest BCUT2D eigenvalue weighted by Crippen LogP contribution is 2.31. The Bertz CT molecular complexity index is 618. The quantitative estimate of drug-likeness (QED) is 0.828. The van der Waals surface area contributed by atoms with E-state index in [1.165, 1.54) is 13.0 Å². The van der Waals surface area contributed by atoms with Gasteiger partial charge in [0.15, 0.2) is 5.78 Å². The van der Waals surface area contributed by atoms with Crippen molar-refractivity contribution in [1.29, 1.82) is 0 Å². The zero-order valence-corrected chi connectivity index (χ0v) is 10.7. The molecule has 0 heterocycles. The molecule has 0 aromatic heterocycles. The number of Topliss-reactive ketones (excluding diaryl/α,β-unsaturated/α-hetero) is 1. The van der Waals surface area contributed by atoms with Gasteiger partial charge in [0, 0.05) is 16.9 Å². The zero-order chi connectivity index (χ0) is 14.8. The lowest BCUT2D eigenvalue weighted by Gasteiger charge is -2.10. The summed E-state index contributed by atoms with van der Waals surface area (Å²) >= 11 is 0. The number of nitrogens with one attached hydrogen (secondary N) is 1. The minimum absolute atomic E-state index is 0.0596. The maximum Gasteiger partial charge on any atom is 0.416 e. The van der Waals surface area contributed by atoms with E-state index in [2.05, 4.69) is 5.32 Å². The highest BCUT2D eigenvalue weighted by Gasteiger charge is 2.30. The number of hydrogen-bond acceptors (Lipinski definition) is 2. The number of benzene rings is 2. The molecule has 0 saturated carbocycles. The van der Waals surface area contributed by atoms with Crippen LogP contribution in [0, 0.1) is 0 Å². The van der Waals surface area contributed by atoms with Crippen LogP contribution in [-0.2, 0) is 6.18 Å². The molecule has 0 spiro atoms. The first-order chi connectivity index (χ1) is 9.36. The van der Waals surface area contributed by atoms with Gasteiger partial charge >= 0.3 is 6.18 Å². The van der Waals surface area contributed by atoms with Crippen LogP contribution in [0.3, 0.4) is 0 Å². The number of halogens is 3. The van der Waals surface area contributed by atoms with Crippen molar-refractivity contribution in [3.8, 4) is 0 Å². The van der Waals surface area contributed by atoms with Crippen molar-refractivity contribution < 1.29 is 18.0 Å². The Labute approximate surface area is 114 Å². The summed E-state index contributed by atoms with van der Waals surface area (Å²) in [5.74, 6) is -0.0596. The molecule has 0 amide bonds. The molecule has 2 aromatic carbocycles. The van der Waals surface area contributed by atoms with E-state index >= 15 is 0 Å². The maximum atomic E-state index is 12.6. The minimum Gasteiger partial charge on any atom is -0.356 e. The summed E-state index contributed by atoms with van der Waals surface area (Å²) in [5.41, 5.74) is 0.812. The molecule has 1 N–H and O–H groups in total. The summed E-state index contributed by atoms with van der Waals surface area (Å²) in [6.07, 6.45) is -4.36. The Morgan fingerprint density at radius 3 is 2.20 bits per heavy atom. The lowest BCUT2D eigenvalue weighted by atomic mass is 10.1. The fraction of sp³-hybridized carbons (Fsp3) is 0.133. The lowest BCUT2D eigenvalue weighted by molar-refractivity contribution is -0.137. The summed E-state index contributed by atoms with van der Waals surface area (Å²) in [4.78, 5) is 11.1. The summed E-state index contributed by atoms with van der Waals surface area (Å²) in [7, 11) is 0. The molecule has 0 aliphatic heterocycles. The number of ketones is 1. The van der Waals surface area contributed by atoms with Crippen molar-refractivity contribution in [2.75, 3.05) is 5.32 Å². The van der Waals surface area contributed by atoms with Gasteiger partial charge in [0.2, 0.25) is 0 Å². The third-order valence-corrected chi connectivity index (χ3v) is 2.77. The van der Waals surface area contributed by atoms with E-state index in [9.17, 15) is 18.0 Å². The smallest absolute Gasteiger partial charge is 0.356 e. The van der Waals surface area contributed by atoms with Crippen LogP contribution in [0.4, 0.5) is 24.5 Å². The Hall–Kier alpha value is -2.30. The second kappa shape index (κ2) is 5.36. The van der Waals surface area contributed by atoms with E-state index in [1.807, 2.05) is 0 Å². The van der Waals surface area contributed by atoms with Crippen LogP contribution in [0.5, 0.6) is 0 Å². The molecule has 2 aromatic rings. The molecular weight excluding hydrogens is 267 g/mol. The Morgan fingerprint density at radius 2 is 1.65 bits per heavy atom. The molecule has 0 bridgehead atoms. The van der Waals surface area contributed by atoms with Crippen LogP contribution in [0.15, 0.2) is 48.5 Å². The molecule has 2 rings (SSSR count). The minimum atomic E-state index is -4.36. The first kappa shape index (κ1) is 14.1. The molecule has 20 heavy (non-hydrogen) atoms. The molecule has 5 heteroatoms. The monoisotopic (exact) mass is 279 g/mol. The number of hydrogen-bond donors (Lipinski definition) is 1. The molecule has 0 atom stereocenters. The topological polar surface area (TPSA) is 29.1 Å². The SMILES string of the molecule is CC(=O)c1ccc(Nc2cccc(C(F)(F)F)c2)cc1. The highest BCUT2D eigenvalue weighted by molar-refractivity contribution is 5.94. The van der Waals surface area contributed by atoms with Gasteiger partial charge in [-0.05, 0) is 49.4 Å². The van der Waals surface area contributed by atoms with E-state index in [4.69, 9.17) is 0 Å². The van der Waals surface area contributed by atoms with Crippen LogP contribution in [0.2, 0.25) is 0 Å². The van der Waals surface area contributed by atoms with Gasteiger partial charge in [-0.1, -0.05) is 6.07 Å². The van der Waals surface area contributed by atoms with Gasteiger partial charge in [-0.25, -0.2) is 0 Å². The second-order valence-electron chi connectivity index (χ2n) is 4.34. The third kappa shape index (κ3) is 3.38. The zero-order valence-electron chi connectivity index (χ0n) is 10.7.